The Balaban J connectivity index is 1.94. The molecule has 1 aliphatic rings. The van der Waals surface area contributed by atoms with E-state index in [0.717, 1.165) is 30.0 Å². The molecule has 0 aromatic heterocycles. The standard InChI is InChI=1S/C14H20N2O/c1-10-3-6-13(9-10)16-14(17)11-4-7-12(15-2)8-5-11/h4-5,7-8,10,13,15H,3,6,9H2,1-2H3,(H,16,17). The van der Waals surface area contributed by atoms with E-state index in [4.69, 9.17) is 0 Å². The summed E-state index contributed by atoms with van der Waals surface area (Å²) in [5.41, 5.74) is 1.76. The van der Waals surface area contributed by atoms with Crippen molar-refractivity contribution in [1.82, 2.24) is 5.32 Å². The van der Waals surface area contributed by atoms with Gasteiger partial charge in [0.1, 0.15) is 0 Å². The van der Waals surface area contributed by atoms with Gasteiger partial charge >= 0.3 is 0 Å². The summed E-state index contributed by atoms with van der Waals surface area (Å²) in [4.78, 5) is 12.0. The number of nitrogens with one attached hydrogen (secondary N) is 2. The molecule has 1 aromatic carbocycles. The van der Waals surface area contributed by atoms with E-state index in [0.29, 0.717) is 6.04 Å². The molecule has 2 rings (SSSR count). The molecule has 2 N–H and O–H groups in total. The zero-order valence-corrected chi connectivity index (χ0v) is 10.5. The number of anilines is 1. The van der Waals surface area contributed by atoms with Crippen molar-refractivity contribution in [3.63, 3.8) is 0 Å². The topological polar surface area (TPSA) is 41.1 Å². The van der Waals surface area contributed by atoms with Crippen LogP contribution in [0, 0.1) is 5.92 Å². The largest absolute Gasteiger partial charge is 0.388 e. The first kappa shape index (κ1) is 12.0. The van der Waals surface area contributed by atoms with Gasteiger partial charge in [0.25, 0.3) is 5.91 Å². The molecule has 1 fully saturated rings. The zero-order valence-electron chi connectivity index (χ0n) is 10.5. The first-order valence-corrected chi connectivity index (χ1v) is 6.27. The average molecular weight is 232 g/mol. The minimum absolute atomic E-state index is 0.0479. The third-order valence-corrected chi connectivity index (χ3v) is 3.47. The number of rotatable bonds is 3. The van der Waals surface area contributed by atoms with Crippen LogP contribution in [-0.4, -0.2) is 19.0 Å². The summed E-state index contributed by atoms with van der Waals surface area (Å²) in [6.45, 7) is 2.24. The van der Waals surface area contributed by atoms with E-state index >= 15 is 0 Å². The Labute approximate surface area is 103 Å². The summed E-state index contributed by atoms with van der Waals surface area (Å²) in [5.74, 6) is 0.790. The predicted octanol–water partition coefficient (Wildman–Crippen LogP) is 2.65. The lowest BCUT2D eigenvalue weighted by molar-refractivity contribution is 0.0937. The Kier molecular flexibility index (Phi) is 3.67. The summed E-state index contributed by atoms with van der Waals surface area (Å²) >= 11 is 0. The molecule has 3 nitrogen and oxygen atoms in total. The monoisotopic (exact) mass is 232 g/mol. The molecule has 1 aromatic rings. The third kappa shape index (κ3) is 2.99. The highest BCUT2D eigenvalue weighted by Crippen LogP contribution is 2.24. The Morgan fingerprint density at radius 2 is 1.94 bits per heavy atom. The molecule has 0 aliphatic heterocycles. The van der Waals surface area contributed by atoms with Crippen LogP contribution in [0.5, 0.6) is 0 Å². The van der Waals surface area contributed by atoms with Gasteiger partial charge in [-0.3, -0.25) is 4.79 Å². The van der Waals surface area contributed by atoms with E-state index in [1.807, 2.05) is 31.3 Å². The summed E-state index contributed by atoms with van der Waals surface area (Å²) in [6, 6.07) is 7.93. The second-order valence-electron chi connectivity index (χ2n) is 4.92. The quantitative estimate of drug-likeness (QED) is 0.841. The number of carbonyl (C=O) groups excluding carboxylic acids is 1. The van der Waals surface area contributed by atoms with E-state index in [-0.39, 0.29) is 5.91 Å². The highest BCUT2D eigenvalue weighted by molar-refractivity contribution is 5.94. The Bertz CT molecular complexity index is 386. The van der Waals surface area contributed by atoms with Gasteiger partial charge in [-0.1, -0.05) is 6.92 Å². The van der Waals surface area contributed by atoms with E-state index in [1.165, 1.54) is 6.42 Å². The molecule has 1 saturated carbocycles. The van der Waals surface area contributed by atoms with E-state index in [2.05, 4.69) is 17.6 Å². The lowest BCUT2D eigenvalue weighted by Crippen LogP contribution is -2.32. The number of hydrogen-bond acceptors (Lipinski definition) is 2. The summed E-state index contributed by atoms with van der Waals surface area (Å²) < 4.78 is 0. The van der Waals surface area contributed by atoms with Crippen LogP contribution >= 0.6 is 0 Å². The highest BCUT2D eigenvalue weighted by Gasteiger charge is 2.22. The van der Waals surface area contributed by atoms with Gasteiger partial charge in [0.2, 0.25) is 0 Å². The van der Waals surface area contributed by atoms with Crippen LogP contribution in [0.3, 0.4) is 0 Å². The normalized spacial score (nSPS) is 23.4. The van der Waals surface area contributed by atoms with Crippen molar-refractivity contribution >= 4 is 11.6 Å². The van der Waals surface area contributed by atoms with Gasteiger partial charge in [0, 0.05) is 24.3 Å². The lowest BCUT2D eigenvalue weighted by Gasteiger charge is -2.12. The second-order valence-corrected chi connectivity index (χ2v) is 4.92. The van der Waals surface area contributed by atoms with Gasteiger partial charge in [-0.05, 0) is 49.4 Å². The van der Waals surface area contributed by atoms with Gasteiger partial charge in [-0.15, -0.1) is 0 Å². The first-order chi connectivity index (χ1) is 8.19. The van der Waals surface area contributed by atoms with Crippen molar-refractivity contribution in [2.24, 2.45) is 5.92 Å². The minimum Gasteiger partial charge on any atom is -0.388 e. The number of hydrogen-bond donors (Lipinski definition) is 2. The SMILES string of the molecule is CNc1ccc(C(=O)NC2CCC(C)C2)cc1. The predicted molar refractivity (Wildman–Crippen MR) is 70.3 cm³/mol. The van der Waals surface area contributed by atoms with Crippen molar-refractivity contribution in [3.05, 3.63) is 29.8 Å². The molecule has 2 atom stereocenters. The number of benzene rings is 1. The van der Waals surface area contributed by atoms with Gasteiger partial charge in [-0.25, -0.2) is 0 Å². The van der Waals surface area contributed by atoms with Crippen molar-refractivity contribution in [2.45, 2.75) is 32.2 Å². The average Bonchev–Trinajstić information content (AvgIpc) is 2.75. The Hall–Kier alpha value is -1.51. The van der Waals surface area contributed by atoms with E-state index in [1.54, 1.807) is 0 Å². The van der Waals surface area contributed by atoms with Crippen LogP contribution in [0.25, 0.3) is 0 Å². The number of amides is 1. The molecular weight excluding hydrogens is 212 g/mol. The summed E-state index contributed by atoms with van der Waals surface area (Å²) in [6.07, 6.45) is 3.45. The molecule has 92 valence electrons. The second kappa shape index (κ2) is 5.21. The van der Waals surface area contributed by atoms with Crippen LogP contribution < -0.4 is 10.6 Å². The van der Waals surface area contributed by atoms with Gasteiger partial charge in [0.05, 0.1) is 0 Å². The molecule has 2 unspecified atom stereocenters. The molecule has 0 heterocycles. The van der Waals surface area contributed by atoms with Gasteiger partial charge in [-0.2, -0.15) is 0 Å². The molecule has 0 spiro atoms. The van der Waals surface area contributed by atoms with Crippen LogP contribution in [0.2, 0.25) is 0 Å². The van der Waals surface area contributed by atoms with Crippen molar-refractivity contribution in [3.8, 4) is 0 Å². The fraction of sp³-hybridized carbons (Fsp3) is 0.500. The van der Waals surface area contributed by atoms with E-state index < -0.39 is 0 Å². The van der Waals surface area contributed by atoms with Gasteiger partial charge < -0.3 is 10.6 Å². The van der Waals surface area contributed by atoms with E-state index in [9.17, 15) is 4.79 Å². The smallest absolute Gasteiger partial charge is 0.251 e. The van der Waals surface area contributed by atoms with Crippen molar-refractivity contribution in [1.29, 1.82) is 0 Å². The molecule has 0 saturated heterocycles. The maximum absolute atomic E-state index is 12.0. The van der Waals surface area contributed by atoms with Crippen LogP contribution in [0.4, 0.5) is 5.69 Å². The molecule has 3 heteroatoms. The minimum atomic E-state index is 0.0479. The fourth-order valence-corrected chi connectivity index (χ4v) is 2.40. The van der Waals surface area contributed by atoms with Crippen LogP contribution in [0.15, 0.2) is 24.3 Å². The Morgan fingerprint density at radius 1 is 1.24 bits per heavy atom. The van der Waals surface area contributed by atoms with Crippen molar-refractivity contribution < 1.29 is 4.79 Å². The summed E-state index contributed by atoms with van der Waals surface area (Å²) in [5, 5.41) is 6.14. The highest BCUT2D eigenvalue weighted by atomic mass is 16.1. The lowest BCUT2D eigenvalue weighted by atomic mass is 10.1. The molecule has 0 radical (unpaired) electrons. The maximum atomic E-state index is 12.0. The van der Waals surface area contributed by atoms with Gasteiger partial charge in [0.15, 0.2) is 0 Å². The fourth-order valence-electron chi connectivity index (χ4n) is 2.40. The zero-order chi connectivity index (χ0) is 12.3. The summed E-state index contributed by atoms with van der Waals surface area (Å²) in [7, 11) is 1.87. The molecule has 1 aliphatic carbocycles. The van der Waals surface area contributed by atoms with Crippen LogP contribution in [-0.2, 0) is 0 Å². The Morgan fingerprint density at radius 3 is 2.47 bits per heavy atom. The maximum Gasteiger partial charge on any atom is 0.251 e. The molecular formula is C14H20N2O. The molecule has 17 heavy (non-hydrogen) atoms. The molecule has 0 bridgehead atoms. The number of carbonyl (C=O) groups is 1. The molecule has 1 amide bonds. The van der Waals surface area contributed by atoms with Crippen molar-refractivity contribution in [2.75, 3.05) is 12.4 Å². The first-order valence-electron chi connectivity index (χ1n) is 6.27. The van der Waals surface area contributed by atoms with Crippen LogP contribution in [0.1, 0.15) is 36.5 Å². The third-order valence-electron chi connectivity index (χ3n) is 3.47.